The molecule has 0 bridgehead atoms. The molecule has 2 aromatic rings. The molecule has 0 aliphatic carbocycles. The van der Waals surface area contributed by atoms with Crippen molar-refractivity contribution >= 4 is 11.6 Å². The van der Waals surface area contributed by atoms with Crippen molar-refractivity contribution in [1.29, 1.82) is 0 Å². The topological polar surface area (TPSA) is 56.8 Å². The molecule has 2 rings (SSSR count). The number of benzene rings is 2. The molecule has 2 aromatic carbocycles. The molecule has 0 saturated heterocycles. The third-order valence-corrected chi connectivity index (χ3v) is 3.71. The molecule has 0 radical (unpaired) electrons. The molecule has 1 amide bonds. The summed E-state index contributed by atoms with van der Waals surface area (Å²) in [4.78, 5) is 12.1. The monoisotopic (exact) mass is 329 g/mol. The van der Waals surface area contributed by atoms with Crippen molar-refractivity contribution in [2.24, 2.45) is 0 Å². The van der Waals surface area contributed by atoms with Crippen LogP contribution in [0.4, 0.5) is 5.69 Å². The van der Waals surface area contributed by atoms with Crippen molar-refractivity contribution in [2.45, 2.75) is 19.3 Å². The highest BCUT2D eigenvalue weighted by Gasteiger charge is 2.09. The molecule has 0 fully saturated rings. The maximum absolute atomic E-state index is 12.1. The fourth-order valence-electron chi connectivity index (χ4n) is 2.37. The average molecular weight is 329 g/mol. The van der Waals surface area contributed by atoms with Crippen molar-refractivity contribution in [3.8, 4) is 17.2 Å². The Labute approximate surface area is 142 Å². The van der Waals surface area contributed by atoms with Gasteiger partial charge in [0.05, 0.1) is 27.0 Å². The predicted molar refractivity (Wildman–Crippen MR) is 94.1 cm³/mol. The lowest BCUT2D eigenvalue weighted by atomic mass is 10.1. The van der Waals surface area contributed by atoms with Crippen LogP contribution in [-0.2, 0) is 11.2 Å². The fourth-order valence-corrected chi connectivity index (χ4v) is 2.37. The lowest BCUT2D eigenvalue weighted by molar-refractivity contribution is -0.116. The van der Waals surface area contributed by atoms with Gasteiger partial charge in [0.15, 0.2) is 0 Å². The smallest absolute Gasteiger partial charge is 0.224 e. The van der Waals surface area contributed by atoms with E-state index in [9.17, 15) is 4.79 Å². The lowest BCUT2D eigenvalue weighted by Gasteiger charge is -2.11. The van der Waals surface area contributed by atoms with E-state index < -0.39 is 0 Å². The molecule has 0 unspecified atom stereocenters. The van der Waals surface area contributed by atoms with Crippen molar-refractivity contribution < 1.29 is 19.0 Å². The van der Waals surface area contributed by atoms with Gasteiger partial charge in [-0.15, -0.1) is 0 Å². The van der Waals surface area contributed by atoms with Crippen LogP contribution >= 0.6 is 0 Å². The normalized spacial score (nSPS) is 10.1. The Bertz CT molecular complexity index is 668. The molecule has 0 aromatic heterocycles. The predicted octanol–water partition coefficient (Wildman–Crippen LogP) is 3.67. The molecular weight excluding hydrogens is 306 g/mol. The first-order chi connectivity index (χ1) is 11.7. The standard InChI is InChI=1S/C19H23NO4/c1-22-15-9-7-14(8-10-15)5-4-6-19(21)20-17-13-16(23-2)11-12-18(17)24-3/h7-13H,4-6H2,1-3H3,(H,20,21). The quantitative estimate of drug-likeness (QED) is 0.803. The zero-order valence-corrected chi connectivity index (χ0v) is 14.3. The number of amides is 1. The number of methoxy groups -OCH3 is 3. The van der Waals surface area contributed by atoms with Crippen LogP contribution in [0, 0.1) is 0 Å². The number of anilines is 1. The van der Waals surface area contributed by atoms with E-state index in [0.29, 0.717) is 23.6 Å². The van der Waals surface area contributed by atoms with Gasteiger partial charge in [0.25, 0.3) is 0 Å². The minimum Gasteiger partial charge on any atom is -0.497 e. The van der Waals surface area contributed by atoms with E-state index in [-0.39, 0.29) is 5.91 Å². The summed E-state index contributed by atoms with van der Waals surface area (Å²) in [5.41, 5.74) is 1.80. The van der Waals surface area contributed by atoms with Crippen LogP contribution in [0.3, 0.4) is 0 Å². The Morgan fingerprint density at radius 2 is 1.58 bits per heavy atom. The summed E-state index contributed by atoms with van der Waals surface area (Å²) in [6, 6.07) is 13.2. The number of carbonyl (C=O) groups excluding carboxylic acids is 1. The van der Waals surface area contributed by atoms with Crippen LogP contribution in [0.1, 0.15) is 18.4 Å². The molecule has 5 nitrogen and oxygen atoms in total. The largest absolute Gasteiger partial charge is 0.497 e. The summed E-state index contributed by atoms with van der Waals surface area (Å²) in [7, 11) is 4.80. The van der Waals surface area contributed by atoms with Crippen LogP contribution < -0.4 is 19.5 Å². The first-order valence-electron chi connectivity index (χ1n) is 7.81. The van der Waals surface area contributed by atoms with Gasteiger partial charge in [-0.25, -0.2) is 0 Å². The Hall–Kier alpha value is -2.69. The molecule has 0 atom stereocenters. The first kappa shape index (κ1) is 17.7. The Balaban J connectivity index is 1.86. The molecule has 0 aliphatic heterocycles. The number of rotatable bonds is 8. The lowest BCUT2D eigenvalue weighted by Crippen LogP contribution is -2.12. The van der Waals surface area contributed by atoms with E-state index >= 15 is 0 Å². The van der Waals surface area contributed by atoms with Crippen molar-refractivity contribution in [3.63, 3.8) is 0 Å². The number of nitrogens with one attached hydrogen (secondary N) is 1. The number of aryl methyl sites for hydroxylation is 1. The molecule has 128 valence electrons. The molecular formula is C19H23NO4. The highest BCUT2D eigenvalue weighted by atomic mass is 16.5. The maximum Gasteiger partial charge on any atom is 0.224 e. The summed E-state index contributed by atoms with van der Waals surface area (Å²) < 4.78 is 15.6. The van der Waals surface area contributed by atoms with Crippen molar-refractivity contribution in [1.82, 2.24) is 0 Å². The first-order valence-corrected chi connectivity index (χ1v) is 7.81. The number of ether oxygens (including phenoxy) is 3. The van der Waals surface area contributed by atoms with E-state index in [1.54, 1.807) is 39.5 Å². The van der Waals surface area contributed by atoms with Crippen LogP contribution in [0.5, 0.6) is 17.2 Å². The maximum atomic E-state index is 12.1. The molecule has 0 saturated carbocycles. The second kappa shape index (κ2) is 8.82. The van der Waals surface area contributed by atoms with E-state index in [4.69, 9.17) is 14.2 Å². The molecule has 5 heteroatoms. The third kappa shape index (κ3) is 4.91. The average Bonchev–Trinajstić information content (AvgIpc) is 2.62. The number of hydrogen-bond donors (Lipinski definition) is 1. The Morgan fingerprint density at radius 3 is 2.21 bits per heavy atom. The van der Waals surface area contributed by atoms with E-state index in [1.165, 1.54) is 5.56 Å². The van der Waals surface area contributed by atoms with Gasteiger partial charge in [-0.05, 0) is 42.7 Å². The molecule has 24 heavy (non-hydrogen) atoms. The molecule has 0 aliphatic rings. The second-order valence-corrected chi connectivity index (χ2v) is 5.32. The van der Waals surface area contributed by atoms with Crippen LogP contribution in [-0.4, -0.2) is 27.2 Å². The van der Waals surface area contributed by atoms with Crippen LogP contribution in [0.25, 0.3) is 0 Å². The third-order valence-electron chi connectivity index (χ3n) is 3.71. The van der Waals surface area contributed by atoms with Gasteiger partial charge in [0.1, 0.15) is 17.2 Å². The number of carbonyl (C=O) groups is 1. The number of hydrogen-bond acceptors (Lipinski definition) is 4. The van der Waals surface area contributed by atoms with Crippen LogP contribution in [0.2, 0.25) is 0 Å². The Morgan fingerprint density at radius 1 is 0.917 bits per heavy atom. The van der Waals surface area contributed by atoms with Crippen LogP contribution in [0.15, 0.2) is 42.5 Å². The second-order valence-electron chi connectivity index (χ2n) is 5.32. The molecule has 0 spiro atoms. The zero-order chi connectivity index (χ0) is 17.4. The fraction of sp³-hybridized carbons (Fsp3) is 0.316. The van der Waals surface area contributed by atoms with E-state index in [1.807, 2.05) is 24.3 Å². The summed E-state index contributed by atoms with van der Waals surface area (Å²) in [5.74, 6) is 2.07. The van der Waals surface area contributed by atoms with Gasteiger partial charge < -0.3 is 19.5 Å². The highest BCUT2D eigenvalue weighted by molar-refractivity contribution is 5.92. The van der Waals surface area contributed by atoms with E-state index in [0.717, 1.165) is 18.6 Å². The van der Waals surface area contributed by atoms with Crippen molar-refractivity contribution in [2.75, 3.05) is 26.6 Å². The highest BCUT2D eigenvalue weighted by Crippen LogP contribution is 2.29. The van der Waals surface area contributed by atoms with Crippen molar-refractivity contribution in [3.05, 3.63) is 48.0 Å². The minimum atomic E-state index is -0.0462. The van der Waals surface area contributed by atoms with Gasteiger partial charge >= 0.3 is 0 Å². The zero-order valence-electron chi connectivity index (χ0n) is 14.3. The SMILES string of the molecule is COc1ccc(CCCC(=O)Nc2cc(OC)ccc2OC)cc1. The minimum absolute atomic E-state index is 0.0462. The van der Waals surface area contributed by atoms with Gasteiger partial charge in [-0.2, -0.15) is 0 Å². The van der Waals surface area contributed by atoms with Gasteiger partial charge in [0, 0.05) is 12.5 Å². The summed E-state index contributed by atoms with van der Waals surface area (Å²) in [5, 5.41) is 2.88. The summed E-state index contributed by atoms with van der Waals surface area (Å²) >= 11 is 0. The van der Waals surface area contributed by atoms with E-state index in [2.05, 4.69) is 5.32 Å². The molecule has 1 N–H and O–H groups in total. The Kier molecular flexibility index (Phi) is 6.49. The molecule has 0 heterocycles. The van der Waals surface area contributed by atoms with Gasteiger partial charge in [-0.3, -0.25) is 4.79 Å². The van der Waals surface area contributed by atoms with Gasteiger partial charge in [-0.1, -0.05) is 12.1 Å². The summed E-state index contributed by atoms with van der Waals surface area (Å²) in [6.45, 7) is 0. The summed E-state index contributed by atoms with van der Waals surface area (Å²) in [6.07, 6.45) is 2.05. The van der Waals surface area contributed by atoms with Gasteiger partial charge in [0.2, 0.25) is 5.91 Å².